The summed E-state index contributed by atoms with van der Waals surface area (Å²) >= 11 is 5.87. The maximum Gasteiger partial charge on any atom is 0.0412 e. The van der Waals surface area contributed by atoms with E-state index in [1.165, 1.54) is 16.3 Å². The first-order chi connectivity index (χ1) is 5.75. The lowest BCUT2D eigenvalue weighted by Crippen LogP contribution is -1.74. The van der Waals surface area contributed by atoms with Crippen LogP contribution in [0.3, 0.4) is 0 Å². The normalized spacial score (nSPS) is 9.69. The summed E-state index contributed by atoms with van der Waals surface area (Å²) in [5, 5.41) is 3.25. The molecule has 0 aliphatic heterocycles. The minimum absolute atomic E-state index is 0. The largest absolute Gasteiger partial charge is 0.344 e. The Labute approximate surface area is 82.9 Å². The summed E-state index contributed by atoms with van der Waals surface area (Å²) in [6.45, 7) is 2.08. The van der Waals surface area contributed by atoms with Crippen LogP contribution in [-0.2, 0) is 0 Å². The molecule has 2 heteroatoms. The van der Waals surface area contributed by atoms with Crippen LogP contribution in [0.1, 0.15) is 5.56 Å². The van der Waals surface area contributed by atoms with Crippen LogP contribution < -0.4 is 6.15 Å². The summed E-state index contributed by atoms with van der Waals surface area (Å²) in [7, 11) is 0. The van der Waals surface area contributed by atoms with Gasteiger partial charge in [-0.1, -0.05) is 41.4 Å². The van der Waals surface area contributed by atoms with Crippen molar-refractivity contribution in [3.8, 4) is 0 Å². The van der Waals surface area contributed by atoms with Gasteiger partial charge in [0.15, 0.2) is 0 Å². The van der Waals surface area contributed by atoms with Gasteiger partial charge in [0.25, 0.3) is 0 Å². The molecule has 0 heterocycles. The minimum Gasteiger partial charge on any atom is -0.344 e. The summed E-state index contributed by atoms with van der Waals surface area (Å²) in [6, 6.07) is 12.3. The maximum absolute atomic E-state index is 5.87. The first-order valence-electron chi connectivity index (χ1n) is 3.92. The molecule has 0 saturated carbocycles. The Balaban J connectivity index is 0.000000845. The van der Waals surface area contributed by atoms with Crippen LogP contribution in [0.4, 0.5) is 0 Å². The van der Waals surface area contributed by atoms with Crippen molar-refractivity contribution >= 4 is 22.4 Å². The van der Waals surface area contributed by atoms with Gasteiger partial charge >= 0.3 is 0 Å². The Morgan fingerprint density at radius 3 is 2.38 bits per heavy atom. The van der Waals surface area contributed by atoms with E-state index in [0.717, 1.165) is 5.02 Å². The fourth-order valence-electron chi connectivity index (χ4n) is 1.34. The molecule has 0 bridgehead atoms. The van der Waals surface area contributed by atoms with Gasteiger partial charge in [-0.25, -0.2) is 0 Å². The molecule has 0 spiro atoms. The van der Waals surface area contributed by atoms with Crippen LogP contribution in [0.5, 0.6) is 0 Å². The molecule has 0 atom stereocenters. The zero-order valence-electron chi connectivity index (χ0n) is 7.55. The zero-order chi connectivity index (χ0) is 8.55. The number of halogens is 1. The average molecular weight is 194 g/mol. The Hall–Kier alpha value is -1.05. The highest BCUT2D eigenvalue weighted by Crippen LogP contribution is 2.19. The van der Waals surface area contributed by atoms with Crippen molar-refractivity contribution < 1.29 is 0 Å². The van der Waals surface area contributed by atoms with E-state index in [9.17, 15) is 0 Å². The van der Waals surface area contributed by atoms with Crippen LogP contribution in [0.15, 0.2) is 36.4 Å². The third kappa shape index (κ3) is 2.00. The van der Waals surface area contributed by atoms with Crippen LogP contribution in [-0.4, -0.2) is 0 Å². The van der Waals surface area contributed by atoms with Gasteiger partial charge in [-0.15, -0.1) is 0 Å². The van der Waals surface area contributed by atoms with Gasteiger partial charge in [0.05, 0.1) is 0 Å². The van der Waals surface area contributed by atoms with Crippen molar-refractivity contribution in [3.63, 3.8) is 0 Å². The molecule has 0 fully saturated rings. The van der Waals surface area contributed by atoms with Gasteiger partial charge in [0, 0.05) is 5.02 Å². The van der Waals surface area contributed by atoms with E-state index in [4.69, 9.17) is 11.6 Å². The highest BCUT2D eigenvalue weighted by Gasteiger charge is 1.93. The summed E-state index contributed by atoms with van der Waals surface area (Å²) in [4.78, 5) is 0. The van der Waals surface area contributed by atoms with E-state index in [1.54, 1.807) is 0 Å². The molecule has 3 N–H and O–H groups in total. The van der Waals surface area contributed by atoms with Crippen LogP contribution in [0.25, 0.3) is 10.8 Å². The van der Waals surface area contributed by atoms with E-state index in [-0.39, 0.29) is 6.15 Å². The molecule has 2 aromatic carbocycles. The molecule has 2 aromatic rings. The molecule has 68 valence electrons. The fraction of sp³-hybridized carbons (Fsp3) is 0.0909. The Kier molecular flexibility index (Phi) is 2.91. The fourth-order valence-corrected chi connectivity index (χ4v) is 1.52. The van der Waals surface area contributed by atoms with E-state index in [0.29, 0.717) is 0 Å². The van der Waals surface area contributed by atoms with Crippen LogP contribution in [0, 0.1) is 6.92 Å². The Bertz CT molecular complexity index is 387. The van der Waals surface area contributed by atoms with Gasteiger partial charge in [-0.05, 0) is 29.8 Å². The molecule has 0 aromatic heterocycles. The number of hydrogen-bond acceptors (Lipinski definition) is 1. The summed E-state index contributed by atoms with van der Waals surface area (Å²) in [6.07, 6.45) is 0. The molecular formula is C11H12ClN. The van der Waals surface area contributed by atoms with E-state index in [2.05, 4.69) is 25.1 Å². The lowest BCUT2D eigenvalue weighted by Gasteiger charge is -1.98. The van der Waals surface area contributed by atoms with Crippen LogP contribution in [0.2, 0.25) is 5.02 Å². The molecule has 0 aliphatic rings. The van der Waals surface area contributed by atoms with Gasteiger partial charge in [-0.3, -0.25) is 0 Å². The first-order valence-corrected chi connectivity index (χ1v) is 4.29. The van der Waals surface area contributed by atoms with Gasteiger partial charge in [-0.2, -0.15) is 0 Å². The van der Waals surface area contributed by atoms with E-state index in [1.807, 2.05) is 18.2 Å². The first kappa shape index (κ1) is 10.0. The monoisotopic (exact) mass is 193 g/mol. The zero-order valence-corrected chi connectivity index (χ0v) is 8.31. The molecule has 0 amide bonds. The molecule has 1 nitrogen and oxygen atoms in total. The van der Waals surface area contributed by atoms with Crippen molar-refractivity contribution in [2.45, 2.75) is 6.92 Å². The highest BCUT2D eigenvalue weighted by molar-refractivity contribution is 6.31. The summed E-state index contributed by atoms with van der Waals surface area (Å²) < 4.78 is 0. The number of benzene rings is 2. The number of hydrogen-bond donors (Lipinski definition) is 1. The second kappa shape index (κ2) is 3.77. The van der Waals surface area contributed by atoms with Crippen molar-refractivity contribution in [3.05, 3.63) is 47.0 Å². The molecule has 13 heavy (non-hydrogen) atoms. The Morgan fingerprint density at radius 2 is 1.62 bits per heavy atom. The topological polar surface area (TPSA) is 35.0 Å². The van der Waals surface area contributed by atoms with Crippen molar-refractivity contribution in [1.82, 2.24) is 6.15 Å². The standard InChI is InChI=1S/C11H9Cl.H3N/c1-8-2-3-9-4-5-11(12)7-10(9)6-8;/h2-7H,1H3;1H3. The average Bonchev–Trinajstić information content (AvgIpc) is 2.03. The van der Waals surface area contributed by atoms with E-state index >= 15 is 0 Å². The Morgan fingerprint density at radius 1 is 0.923 bits per heavy atom. The number of aryl methyl sites for hydroxylation is 1. The van der Waals surface area contributed by atoms with Crippen molar-refractivity contribution in [2.75, 3.05) is 0 Å². The third-order valence-corrected chi connectivity index (χ3v) is 2.19. The van der Waals surface area contributed by atoms with Crippen molar-refractivity contribution in [2.24, 2.45) is 0 Å². The molecular weight excluding hydrogens is 182 g/mol. The van der Waals surface area contributed by atoms with Crippen molar-refractivity contribution in [1.29, 1.82) is 0 Å². The SMILES string of the molecule is Cc1ccc2ccc(Cl)cc2c1.N. The smallest absolute Gasteiger partial charge is 0.0412 e. The lowest BCUT2D eigenvalue weighted by molar-refractivity contribution is 1.51. The molecule has 0 aliphatic carbocycles. The molecule has 0 unspecified atom stereocenters. The summed E-state index contributed by atoms with van der Waals surface area (Å²) in [5.41, 5.74) is 1.27. The second-order valence-corrected chi connectivity index (χ2v) is 3.43. The maximum atomic E-state index is 5.87. The lowest BCUT2D eigenvalue weighted by atomic mass is 10.1. The molecule has 0 radical (unpaired) electrons. The number of rotatable bonds is 0. The quantitative estimate of drug-likeness (QED) is 0.675. The number of fused-ring (bicyclic) bond motifs is 1. The van der Waals surface area contributed by atoms with E-state index < -0.39 is 0 Å². The predicted octanol–water partition coefficient (Wildman–Crippen LogP) is 3.96. The predicted molar refractivity (Wildman–Crippen MR) is 58.7 cm³/mol. The second-order valence-electron chi connectivity index (χ2n) is 2.99. The highest BCUT2D eigenvalue weighted by atomic mass is 35.5. The van der Waals surface area contributed by atoms with Gasteiger partial charge in [0.2, 0.25) is 0 Å². The van der Waals surface area contributed by atoms with Gasteiger partial charge in [0.1, 0.15) is 0 Å². The van der Waals surface area contributed by atoms with Gasteiger partial charge < -0.3 is 6.15 Å². The molecule has 0 saturated heterocycles. The third-order valence-electron chi connectivity index (χ3n) is 1.96. The molecule has 2 rings (SSSR count). The van der Waals surface area contributed by atoms with Crippen LogP contribution >= 0.6 is 11.6 Å². The minimum atomic E-state index is 0. The summed E-state index contributed by atoms with van der Waals surface area (Å²) in [5.74, 6) is 0.